The minimum Gasteiger partial charge on any atom is -0.354 e. The number of rotatable bonds is 2. The highest BCUT2D eigenvalue weighted by Crippen LogP contribution is 2.23. The third kappa shape index (κ3) is 2.21. The lowest BCUT2D eigenvalue weighted by Gasteiger charge is -2.34. The van der Waals surface area contributed by atoms with Crippen LogP contribution in [0.15, 0.2) is 18.2 Å². The first-order chi connectivity index (χ1) is 7.31. The first kappa shape index (κ1) is 10.2. The predicted octanol–water partition coefficient (Wildman–Crippen LogP) is 1.75. The van der Waals surface area contributed by atoms with Gasteiger partial charge < -0.3 is 10.3 Å². The average Bonchev–Trinajstić information content (AvgIpc) is 2.30. The van der Waals surface area contributed by atoms with Gasteiger partial charge in [-0.3, -0.25) is 0 Å². The van der Waals surface area contributed by atoms with Crippen molar-refractivity contribution in [1.29, 1.82) is 0 Å². The Kier molecular flexibility index (Phi) is 3.06. The molecule has 0 aliphatic carbocycles. The van der Waals surface area contributed by atoms with Gasteiger partial charge in [-0.1, -0.05) is 6.07 Å². The van der Waals surface area contributed by atoms with Crippen molar-refractivity contribution in [1.82, 2.24) is 4.98 Å². The molecule has 82 valence electrons. The van der Waals surface area contributed by atoms with E-state index in [1.54, 1.807) is 0 Å². The molecule has 1 aliphatic rings. The number of nitrogens with zero attached hydrogens (tertiary/aromatic N) is 2. The summed E-state index contributed by atoms with van der Waals surface area (Å²) in [5.41, 5.74) is 2.58. The van der Waals surface area contributed by atoms with Crippen LogP contribution in [-0.2, 0) is 0 Å². The van der Waals surface area contributed by atoms with Crippen LogP contribution in [0.1, 0.15) is 26.2 Å². The van der Waals surface area contributed by atoms with Crippen LogP contribution in [0.2, 0.25) is 0 Å². The van der Waals surface area contributed by atoms with Crippen molar-refractivity contribution in [3.05, 3.63) is 18.2 Å². The molecule has 1 aliphatic heterocycles. The minimum absolute atomic E-state index is 0.583. The molecule has 1 aromatic heterocycles. The Balaban J connectivity index is 2.19. The Labute approximate surface area is 90.5 Å². The first-order valence-corrected chi connectivity index (χ1v) is 5.51. The third-order valence-electron chi connectivity index (χ3n) is 2.98. The third-order valence-corrected chi connectivity index (χ3v) is 2.98. The molecule has 15 heavy (non-hydrogen) atoms. The van der Waals surface area contributed by atoms with Gasteiger partial charge >= 0.3 is 0 Å². The zero-order valence-corrected chi connectivity index (χ0v) is 9.11. The number of nitrogen functional groups attached to an aromatic ring is 1. The molecule has 4 heteroatoms. The molecule has 2 rings (SSSR count). The molecule has 0 spiro atoms. The van der Waals surface area contributed by atoms with Crippen molar-refractivity contribution in [3.8, 4) is 0 Å². The second-order valence-electron chi connectivity index (χ2n) is 4.06. The molecule has 1 atom stereocenters. The van der Waals surface area contributed by atoms with Gasteiger partial charge in [-0.15, -0.1) is 0 Å². The molecule has 0 saturated carbocycles. The van der Waals surface area contributed by atoms with Crippen LogP contribution in [0.25, 0.3) is 0 Å². The zero-order chi connectivity index (χ0) is 10.7. The lowest BCUT2D eigenvalue weighted by atomic mass is 10.0. The Bertz CT molecular complexity index is 326. The summed E-state index contributed by atoms with van der Waals surface area (Å²) >= 11 is 0. The number of hydrogen-bond acceptors (Lipinski definition) is 4. The standard InChI is InChI=1S/C11H18N4/c1-9-5-2-3-8-15(9)11-7-4-6-10(13-11)14-12/h4,6-7,9H,2-3,5,8,12H2,1H3,(H,13,14). The van der Waals surface area contributed by atoms with E-state index in [4.69, 9.17) is 5.84 Å². The van der Waals surface area contributed by atoms with Gasteiger partial charge in [-0.2, -0.15) is 0 Å². The summed E-state index contributed by atoms with van der Waals surface area (Å²) in [7, 11) is 0. The van der Waals surface area contributed by atoms with Gasteiger partial charge in [0.05, 0.1) is 0 Å². The highest BCUT2D eigenvalue weighted by molar-refractivity contribution is 5.47. The maximum Gasteiger partial charge on any atom is 0.142 e. The molecule has 4 nitrogen and oxygen atoms in total. The lowest BCUT2D eigenvalue weighted by molar-refractivity contribution is 0.481. The van der Waals surface area contributed by atoms with E-state index in [1.807, 2.05) is 18.2 Å². The number of anilines is 2. The number of aromatic nitrogens is 1. The summed E-state index contributed by atoms with van der Waals surface area (Å²) in [5, 5.41) is 0. The molecular formula is C11H18N4. The molecule has 0 amide bonds. The Morgan fingerprint density at radius 2 is 2.33 bits per heavy atom. The summed E-state index contributed by atoms with van der Waals surface area (Å²) in [5.74, 6) is 7.10. The fourth-order valence-electron chi connectivity index (χ4n) is 2.10. The Morgan fingerprint density at radius 3 is 3.07 bits per heavy atom. The SMILES string of the molecule is CC1CCCCN1c1cccc(NN)n1. The molecule has 1 saturated heterocycles. The van der Waals surface area contributed by atoms with Crippen molar-refractivity contribution in [3.63, 3.8) is 0 Å². The highest BCUT2D eigenvalue weighted by Gasteiger charge is 2.19. The van der Waals surface area contributed by atoms with Gasteiger partial charge in [0.25, 0.3) is 0 Å². The molecule has 0 aromatic carbocycles. The average molecular weight is 206 g/mol. The highest BCUT2D eigenvalue weighted by atomic mass is 15.3. The van der Waals surface area contributed by atoms with E-state index in [2.05, 4.69) is 22.2 Å². The second-order valence-corrected chi connectivity index (χ2v) is 4.06. The molecule has 1 fully saturated rings. The largest absolute Gasteiger partial charge is 0.354 e. The number of pyridine rings is 1. The van der Waals surface area contributed by atoms with Crippen LogP contribution in [0.5, 0.6) is 0 Å². The summed E-state index contributed by atoms with van der Waals surface area (Å²) in [6, 6.07) is 6.49. The van der Waals surface area contributed by atoms with Gasteiger partial charge in [-0.05, 0) is 38.3 Å². The Morgan fingerprint density at radius 1 is 1.47 bits per heavy atom. The van der Waals surface area contributed by atoms with Gasteiger partial charge in [0.2, 0.25) is 0 Å². The zero-order valence-electron chi connectivity index (χ0n) is 9.11. The van der Waals surface area contributed by atoms with Crippen LogP contribution in [-0.4, -0.2) is 17.6 Å². The van der Waals surface area contributed by atoms with Crippen LogP contribution < -0.4 is 16.2 Å². The van der Waals surface area contributed by atoms with E-state index in [0.717, 1.165) is 18.2 Å². The molecule has 1 unspecified atom stereocenters. The number of nitrogens with two attached hydrogens (primary N) is 1. The van der Waals surface area contributed by atoms with Crippen molar-refractivity contribution >= 4 is 11.6 Å². The molecule has 3 N–H and O–H groups in total. The normalized spacial score (nSPS) is 21.5. The summed E-state index contributed by atoms with van der Waals surface area (Å²) in [6.45, 7) is 3.35. The topological polar surface area (TPSA) is 54.2 Å². The first-order valence-electron chi connectivity index (χ1n) is 5.51. The summed E-state index contributed by atoms with van der Waals surface area (Å²) in [4.78, 5) is 6.81. The van der Waals surface area contributed by atoms with E-state index in [0.29, 0.717) is 6.04 Å². The molecule has 0 bridgehead atoms. The smallest absolute Gasteiger partial charge is 0.142 e. The van der Waals surface area contributed by atoms with E-state index >= 15 is 0 Å². The molecular weight excluding hydrogens is 188 g/mol. The van der Waals surface area contributed by atoms with Crippen LogP contribution in [0.3, 0.4) is 0 Å². The van der Waals surface area contributed by atoms with Gasteiger partial charge in [0.1, 0.15) is 11.6 Å². The second kappa shape index (κ2) is 4.49. The maximum atomic E-state index is 5.35. The van der Waals surface area contributed by atoms with Crippen molar-refractivity contribution in [2.24, 2.45) is 5.84 Å². The van der Waals surface area contributed by atoms with E-state index in [1.165, 1.54) is 19.3 Å². The molecule has 1 aromatic rings. The predicted molar refractivity (Wildman–Crippen MR) is 62.7 cm³/mol. The number of hydrazine groups is 1. The molecule has 2 heterocycles. The fraction of sp³-hybridized carbons (Fsp3) is 0.545. The van der Waals surface area contributed by atoms with Crippen LogP contribution in [0.4, 0.5) is 11.6 Å². The van der Waals surface area contributed by atoms with Gasteiger partial charge in [0.15, 0.2) is 0 Å². The molecule has 0 radical (unpaired) electrons. The monoisotopic (exact) mass is 206 g/mol. The maximum absolute atomic E-state index is 5.35. The Hall–Kier alpha value is -1.29. The van der Waals surface area contributed by atoms with Gasteiger partial charge in [0, 0.05) is 12.6 Å². The lowest BCUT2D eigenvalue weighted by Crippen LogP contribution is -2.38. The van der Waals surface area contributed by atoms with Crippen LogP contribution >= 0.6 is 0 Å². The van der Waals surface area contributed by atoms with E-state index < -0.39 is 0 Å². The van der Waals surface area contributed by atoms with Gasteiger partial charge in [-0.25, -0.2) is 10.8 Å². The van der Waals surface area contributed by atoms with Crippen molar-refractivity contribution in [2.45, 2.75) is 32.2 Å². The summed E-state index contributed by atoms with van der Waals surface area (Å²) in [6.07, 6.45) is 3.83. The van der Waals surface area contributed by atoms with Crippen molar-refractivity contribution < 1.29 is 0 Å². The van der Waals surface area contributed by atoms with E-state index in [9.17, 15) is 0 Å². The number of nitrogens with one attached hydrogen (secondary N) is 1. The van der Waals surface area contributed by atoms with Crippen LogP contribution in [0, 0.1) is 0 Å². The summed E-state index contributed by atoms with van der Waals surface area (Å²) < 4.78 is 0. The fourth-order valence-corrected chi connectivity index (χ4v) is 2.10. The number of piperidine rings is 1. The van der Waals surface area contributed by atoms with Crippen molar-refractivity contribution in [2.75, 3.05) is 16.9 Å². The quantitative estimate of drug-likeness (QED) is 0.571. The van der Waals surface area contributed by atoms with E-state index in [-0.39, 0.29) is 0 Å². The number of hydrogen-bond donors (Lipinski definition) is 2. The minimum atomic E-state index is 0.583.